The van der Waals surface area contributed by atoms with Crippen LogP contribution in [0.4, 0.5) is 0 Å². The second-order valence-corrected chi connectivity index (χ2v) is 5.28. The van der Waals surface area contributed by atoms with Crippen LogP contribution in [0.15, 0.2) is 53.7 Å². The van der Waals surface area contributed by atoms with Gasteiger partial charge in [-0.05, 0) is 31.0 Å². The number of benzene rings is 1. The zero-order chi connectivity index (χ0) is 15.8. The second-order valence-electron chi connectivity index (χ2n) is 5.28. The van der Waals surface area contributed by atoms with E-state index in [4.69, 9.17) is 10.5 Å². The molecule has 0 fully saturated rings. The summed E-state index contributed by atoms with van der Waals surface area (Å²) in [6.45, 7) is 5.03. The van der Waals surface area contributed by atoms with Crippen molar-refractivity contribution in [2.45, 2.75) is 33.0 Å². The summed E-state index contributed by atoms with van der Waals surface area (Å²) in [5, 5.41) is 3.06. The number of nitrogens with zero attached hydrogens (tertiary/aromatic N) is 2. The van der Waals surface area contributed by atoms with Crippen molar-refractivity contribution in [3.8, 4) is 5.88 Å². The van der Waals surface area contributed by atoms with Crippen molar-refractivity contribution in [2.75, 3.05) is 0 Å². The molecule has 0 aliphatic carbocycles. The summed E-state index contributed by atoms with van der Waals surface area (Å²) in [6, 6.07) is 14.1. The highest BCUT2D eigenvalue weighted by Gasteiger charge is 2.00. The molecule has 0 saturated carbocycles. The van der Waals surface area contributed by atoms with Gasteiger partial charge in [-0.3, -0.25) is 0 Å². The van der Waals surface area contributed by atoms with Crippen LogP contribution in [0.1, 0.15) is 25.0 Å². The van der Waals surface area contributed by atoms with Crippen LogP contribution in [-0.2, 0) is 13.2 Å². The summed E-state index contributed by atoms with van der Waals surface area (Å²) in [5.74, 6) is 1.03. The first-order valence-electron chi connectivity index (χ1n) is 7.31. The molecule has 0 aliphatic heterocycles. The molecule has 0 atom stereocenters. The molecule has 0 bridgehead atoms. The molecule has 5 nitrogen and oxygen atoms in total. The Morgan fingerprint density at radius 1 is 1.23 bits per heavy atom. The molecule has 2 aromatic rings. The maximum Gasteiger partial charge on any atom is 0.213 e. The monoisotopic (exact) mass is 298 g/mol. The van der Waals surface area contributed by atoms with Gasteiger partial charge in [-0.25, -0.2) is 9.98 Å². The summed E-state index contributed by atoms with van der Waals surface area (Å²) < 4.78 is 5.70. The quantitative estimate of drug-likeness (QED) is 0.635. The maximum atomic E-state index is 5.79. The molecule has 2 rings (SSSR count). The average Bonchev–Trinajstić information content (AvgIpc) is 2.52. The van der Waals surface area contributed by atoms with Crippen LogP contribution in [0.2, 0.25) is 0 Å². The van der Waals surface area contributed by atoms with Gasteiger partial charge in [0.05, 0.1) is 6.54 Å². The van der Waals surface area contributed by atoms with Crippen LogP contribution < -0.4 is 15.8 Å². The van der Waals surface area contributed by atoms with E-state index >= 15 is 0 Å². The molecule has 1 heterocycles. The number of aromatic nitrogens is 1. The van der Waals surface area contributed by atoms with Crippen molar-refractivity contribution in [1.82, 2.24) is 10.3 Å². The molecule has 0 saturated heterocycles. The van der Waals surface area contributed by atoms with Gasteiger partial charge >= 0.3 is 0 Å². The number of nitrogens with one attached hydrogen (secondary N) is 1. The van der Waals surface area contributed by atoms with E-state index in [2.05, 4.69) is 15.3 Å². The Bertz CT molecular complexity index is 611. The van der Waals surface area contributed by atoms with Gasteiger partial charge in [0.25, 0.3) is 0 Å². The van der Waals surface area contributed by atoms with Crippen LogP contribution in [0.5, 0.6) is 5.88 Å². The van der Waals surface area contributed by atoms with Crippen molar-refractivity contribution >= 4 is 5.96 Å². The average molecular weight is 298 g/mol. The van der Waals surface area contributed by atoms with Crippen molar-refractivity contribution < 1.29 is 4.74 Å². The van der Waals surface area contributed by atoms with Gasteiger partial charge in [-0.1, -0.05) is 30.3 Å². The van der Waals surface area contributed by atoms with Crippen LogP contribution in [-0.4, -0.2) is 17.0 Å². The Labute approximate surface area is 131 Å². The fourth-order valence-corrected chi connectivity index (χ4v) is 1.88. The smallest absolute Gasteiger partial charge is 0.213 e. The third-order valence-corrected chi connectivity index (χ3v) is 2.90. The van der Waals surface area contributed by atoms with Gasteiger partial charge in [-0.15, -0.1) is 0 Å². The number of guanidine groups is 1. The number of ether oxygens (including phenoxy) is 1. The molecular formula is C17H22N4O. The van der Waals surface area contributed by atoms with E-state index in [-0.39, 0.29) is 6.04 Å². The standard InChI is InChI=1S/C17H22N4O/c1-13(2)21-17(18)20-11-15-8-9-19-16(10-15)22-12-14-6-4-3-5-7-14/h3-10,13H,11-12H2,1-2H3,(H3,18,20,21). The van der Waals surface area contributed by atoms with Gasteiger partial charge < -0.3 is 15.8 Å². The lowest BCUT2D eigenvalue weighted by Gasteiger charge is -2.09. The maximum absolute atomic E-state index is 5.79. The third kappa shape index (κ3) is 5.44. The first-order valence-corrected chi connectivity index (χ1v) is 7.31. The molecule has 0 radical (unpaired) electrons. The van der Waals surface area contributed by atoms with Crippen LogP contribution in [0.25, 0.3) is 0 Å². The van der Waals surface area contributed by atoms with Gasteiger partial charge in [-0.2, -0.15) is 0 Å². The molecule has 0 amide bonds. The van der Waals surface area contributed by atoms with Crippen LogP contribution in [0, 0.1) is 0 Å². The molecule has 0 spiro atoms. The number of rotatable bonds is 6. The number of hydrogen-bond acceptors (Lipinski definition) is 3. The summed E-state index contributed by atoms with van der Waals surface area (Å²) in [6.07, 6.45) is 1.72. The van der Waals surface area contributed by atoms with Crippen molar-refractivity contribution in [2.24, 2.45) is 10.7 Å². The topological polar surface area (TPSA) is 72.5 Å². The largest absolute Gasteiger partial charge is 0.473 e. The van der Waals surface area contributed by atoms with E-state index in [9.17, 15) is 0 Å². The predicted octanol–water partition coefficient (Wildman–Crippen LogP) is 2.47. The Balaban J connectivity index is 1.92. The number of hydrogen-bond donors (Lipinski definition) is 2. The number of pyridine rings is 1. The Morgan fingerprint density at radius 3 is 2.73 bits per heavy atom. The predicted molar refractivity (Wildman–Crippen MR) is 88.6 cm³/mol. The lowest BCUT2D eigenvalue weighted by atomic mass is 10.2. The van der Waals surface area contributed by atoms with E-state index in [1.165, 1.54) is 0 Å². The highest BCUT2D eigenvalue weighted by molar-refractivity contribution is 5.78. The number of nitrogens with two attached hydrogens (primary N) is 1. The van der Waals surface area contributed by atoms with E-state index < -0.39 is 0 Å². The Morgan fingerprint density at radius 2 is 2.00 bits per heavy atom. The molecular weight excluding hydrogens is 276 g/mol. The lowest BCUT2D eigenvalue weighted by Crippen LogP contribution is -2.36. The highest BCUT2D eigenvalue weighted by Crippen LogP contribution is 2.12. The second kappa shape index (κ2) is 8.02. The van der Waals surface area contributed by atoms with Crippen molar-refractivity contribution in [3.05, 3.63) is 59.8 Å². The molecule has 0 aliphatic rings. The first-order chi connectivity index (χ1) is 10.6. The SMILES string of the molecule is CC(C)NC(N)=NCc1ccnc(OCc2ccccc2)c1. The normalized spacial score (nSPS) is 11.5. The third-order valence-electron chi connectivity index (χ3n) is 2.90. The molecule has 0 unspecified atom stereocenters. The highest BCUT2D eigenvalue weighted by atomic mass is 16.5. The minimum absolute atomic E-state index is 0.269. The molecule has 5 heteroatoms. The van der Waals surface area contributed by atoms with Crippen LogP contribution >= 0.6 is 0 Å². The minimum Gasteiger partial charge on any atom is -0.473 e. The molecule has 22 heavy (non-hydrogen) atoms. The summed E-state index contributed by atoms with van der Waals surface area (Å²) in [4.78, 5) is 8.51. The summed E-state index contributed by atoms with van der Waals surface area (Å²) in [5.41, 5.74) is 7.90. The minimum atomic E-state index is 0.269. The van der Waals surface area contributed by atoms with E-state index in [0.717, 1.165) is 11.1 Å². The fourth-order valence-electron chi connectivity index (χ4n) is 1.88. The van der Waals surface area contributed by atoms with E-state index in [0.29, 0.717) is 25.0 Å². The zero-order valence-electron chi connectivity index (χ0n) is 13.0. The van der Waals surface area contributed by atoms with E-state index in [1.54, 1.807) is 6.20 Å². The van der Waals surface area contributed by atoms with E-state index in [1.807, 2.05) is 56.3 Å². The van der Waals surface area contributed by atoms with Gasteiger partial charge in [0, 0.05) is 18.3 Å². The molecule has 1 aromatic carbocycles. The Hall–Kier alpha value is -2.56. The van der Waals surface area contributed by atoms with Gasteiger partial charge in [0.1, 0.15) is 6.61 Å². The van der Waals surface area contributed by atoms with Gasteiger partial charge in [0.2, 0.25) is 5.88 Å². The molecule has 1 aromatic heterocycles. The zero-order valence-corrected chi connectivity index (χ0v) is 13.0. The molecule has 116 valence electrons. The summed E-state index contributed by atoms with van der Waals surface area (Å²) in [7, 11) is 0. The lowest BCUT2D eigenvalue weighted by molar-refractivity contribution is 0.293. The van der Waals surface area contributed by atoms with Crippen molar-refractivity contribution in [3.63, 3.8) is 0 Å². The Kier molecular flexibility index (Phi) is 5.77. The van der Waals surface area contributed by atoms with Crippen LogP contribution in [0.3, 0.4) is 0 Å². The van der Waals surface area contributed by atoms with Gasteiger partial charge in [0.15, 0.2) is 5.96 Å². The van der Waals surface area contributed by atoms with Crippen molar-refractivity contribution in [1.29, 1.82) is 0 Å². The summed E-state index contributed by atoms with van der Waals surface area (Å²) >= 11 is 0. The first kappa shape index (κ1) is 15.8. The number of aliphatic imine (C=N–C) groups is 1. The fraction of sp³-hybridized carbons (Fsp3) is 0.294. The molecule has 3 N–H and O–H groups in total.